The molecule has 0 aromatic heterocycles. The van der Waals surface area contributed by atoms with Crippen LogP contribution in [0.2, 0.25) is 0 Å². The lowest BCUT2D eigenvalue weighted by atomic mass is 10.2. The van der Waals surface area contributed by atoms with Crippen molar-refractivity contribution in [1.82, 2.24) is 0 Å². The van der Waals surface area contributed by atoms with Gasteiger partial charge in [-0.2, -0.15) is 0 Å². The van der Waals surface area contributed by atoms with Crippen LogP contribution in [0.25, 0.3) is 0 Å². The van der Waals surface area contributed by atoms with Crippen molar-refractivity contribution in [3.05, 3.63) is 60.9 Å². The number of aliphatic imine (C=N–C) groups is 1. The fourth-order valence-corrected chi connectivity index (χ4v) is 0.901. The lowest BCUT2D eigenvalue weighted by Gasteiger charge is -1.93. The normalized spacial score (nSPS) is 13.7. The third-order valence-electron chi connectivity index (χ3n) is 1.73. The summed E-state index contributed by atoms with van der Waals surface area (Å²) < 4.78 is 0. The van der Waals surface area contributed by atoms with E-state index in [0.29, 0.717) is 0 Å². The molecule has 0 amide bonds. The maximum absolute atomic E-state index is 4.33. The molecule has 0 N–H and O–H groups in total. The molecule has 1 heteroatoms. The van der Waals surface area contributed by atoms with Crippen molar-refractivity contribution in [2.75, 3.05) is 0 Å². The van der Waals surface area contributed by atoms with Crippen molar-refractivity contribution in [1.29, 1.82) is 0 Å². The first kappa shape index (κ1) is 13.4. The number of allylic oxidation sites excluding steroid dienone is 7. The van der Waals surface area contributed by atoms with E-state index in [9.17, 15) is 0 Å². The maximum atomic E-state index is 4.33. The first-order chi connectivity index (χ1) is 7.28. The minimum absolute atomic E-state index is 0.952. The SMILES string of the molecule is C=C/C=C(C=C)/C=N\C(\C=C/CC)=C\C. The van der Waals surface area contributed by atoms with Gasteiger partial charge in [0.1, 0.15) is 0 Å². The monoisotopic (exact) mass is 201 g/mol. The molecule has 0 rings (SSSR count). The second-order valence-corrected chi connectivity index (χ2v) is 2.89. The summed E-state index contributed by atoms with van der Waals surface area (Å²) >= 11 is 0. The van der Waals surface area contributed by atoms with Crippen molar-refractivity contribution in [3.8, 4) is 0 Å². The van der Waals surface area contributed by atoms with E-state index in [0.717, 1.165) is 17.7 Å². The predicted octanol–water partition coefficient (Wildman–Crippen LogP) is 4.23. The van der Waals surface area contributed by atoms with Gasteiger partial charge in [0.2, 0.25) is 0 Å². The van der Waals surface area contributed by atoms with Gasteiger partial charge in [0.15, 0.2) is 0 Å². The zero-order valence-corrected chi connectivity index (χ0v) is 9.61. The quantitative estimate of drug-likeness (QED) is 0.450. The minimum atomic E-state index is 0.952. The molecule has 0 saturated carbocycles. The average molecular weight is 201 g/mol. The zero-order chi connectivity index (χ0) is 11.5. The molecule has 0 unspecified atom stereocenters. The Balaban J connectivity index is 4.60. The third kappa shape index (κ3) is 6.44. The van der Waals surface area contributed by atoms with Crippen LogP contribution in [-0.4, -0.2) is 6.21 Å². The van der Waals surface area contributed by atoms with Gasteiger partial charge in [0.25, 0.3) is 0 Å². The van der Waals surface area contributed by atoms with Gasteiger partial charge >= 0.3 is 0 Å². The van der Waals surface area contributed by atoms with Crippen LogP contribution in [0.3, 0.4) is 0 Å². The van der Waals surface area contributed by atoms with Crippen LogP contribution in [0.15, 0.2) is 65.9 Å². The second-order valence-electron chi connectivity index (χ2n) is 2.89. The molecule has 0 aliphatic rings. The summed E-state index contributed by atoms with van der Waals surface area (Å²) in [7, 11) is 0. The fraction of sp³-hybridized carbons (Fsp3) is 0.214. The van der Waals surface area contributed by atoms with Gasteiger partial charge in [-0.25, -0.2) is 0 Å². The highest BCUT2D eigenvalue weighted by molar-refractivity contribution is 5.83. The van der Waals surface area contributed by atoms with E-state index in [1.54, 1.807) is 18.4 Å². The molecule has 0 fully saturated rings. The van der Waals surface area contributed by atoms with Crippen molar-refractivity contribution in [2.45, 2.75) is 20.3 Å². The van der Waals surface area contributed by atoms with Crippen LogP contribution < -0.4 is 0 Å². The van der Waals surface area contributed by atoms with Crippen LogP contribution in [0, 0.1) is 0 Å². The van der Waals surface area contributed by atoms with Crippen molar-refractivity contribution in [3.63, 3.8) is 0 Å². The standard InChI is InChI=1S/C14H19N/c1-5-9-11-14(8-4)15-12-13(7-3)10-6-2/h6-12H,2-3,5H2,1,4H3/b11-9-,13-10+,14-8+,15-12-. The minimum Gasteiger partial charge on any atom is -0.257 e. The Hall–Kier alpha value is -1.63. The molecule has 0 radical (unpaired) electrons. The fourth-order valence-electron chi connectivity index (χ4n) is 0.901. The van der Waals surface area contributed by atoms with Crippen molar-refractivity contribution >= 4 is 6.21 Å². The molecule has 80 valence electrons. The van der Waals surface area contributed by atoms with E-state index in [1.165, 1.54) is 0 Å². The summed E-state index contributed by atoms with van der Waals surface area (Å²) in [5.74, 6) is 0. The Morgan fingerprint density at radius 3 is 2.53 bits per heavy atom. The number of hydrogen-bond acceptors (Lipinski definition) is 1. The predicted molar refractivity (Wildman–Crippen MR) is 70.2 cm³/mol. The van der Waals surface area contributed by atoms with E-state index in [4.69, 9.17) is 0 Å². The van der Waals surface area contributed by atoms with Crippen molar-refractivity contribution in [2.24, 2.45) is 4.99 Å². The van der Waals surface area contributed by atoms with Crippen LogP contribution in [-0.2, 0) is 0 Å². The van der Waals surface area contributed by atoms with Gasteiger partial charge in [0, 0.05) is 6.21 Å². The molecule has 0 aliphatic carbocycles. The van der Waals surface area contributed by atoms with Crippen LogP contribution in [0.5, 0.6) is 0 Å². The Bertz CT molecular complexity index is 314. The smallest absolute Gasteiger partial charge is 0.0584 e. The molecule has 0 atom stereocenters. The van der Waals surface area contributed by atoms with Gasteiger partial charge in [-0.15, -0.1) is 0 Å². The highest BCUT2D eigenvalue weighted by atomic mass is 14.7. The van der Waals surface area contributed by atoms with Gasteiger partial charge < -0.3 is 0 Å². The Kier molecular flexibility index (Phi) is 7.97. The zero-order valence-electron chi connectivity index (χ0n) is 9.61. The van der Waals surface area contributed by atoms with Gasteiger partial charge in [0.05, 0.1) is 5.70 Å². The largest absolute Gasteiger partial charge is 0.257 e. The molecule has 0 aromatic carbocycles. The third-order valence-corrected chi connectivity index (χ3v) is 1.73. The van der Waals surface area contributed by atoms with E-state index >= 15 is 0 Å². The highest BCUT2D eigenvalue weighted by Crippen LogP contribution is 2.01. The Morgan fingerprint density at radius 2 is 2.07 bits per heavy atom. The molecular weight excluding hydrogens is 182 g/mol. The Labute approximate surface area is 92.9 Å². The summed E-state index contributed by atoms with van der Waals surface area (Å²) in [6.07, 6.45) is 14.2. The summed E-state index contributed by atoms with van der Waals surface area (Å²) in [6, 6.07) is 0. The first-order valence-electron chi connectivity index (χ1n) is 5.10. The summed E-state index contributed by atoms with van der Waals surface area (Å²) in [5.41, 5.74) is 1.91. The molecule has 0 bridgehead atoms. The van der Waals surface area contributed by atoms with Crippen LogP contribution >= 0.6 is 0 Å². The average Bonchev–Trinajstić information content (AvgIpc) is 2.27. The maximum Gasteiger partial charge on any atom is 0.0584 e. The first-order valence-corrected chi connectivity index (χ1v) is 5.10. The van der Waals surface area contributed by atoms with Crippen LogP contribution in [0.1, 0.15) is 20.3 Å². The molecule has 0 saturated heterocycles. The van der Waals surface area contributed by atoms with E-state index in [1.807, 2.05) is 25.2 Å². The molecule has 1 nitrogen and oxygen atoms in total. The van der Waals surface area contributed by atoms with Gasteiger partial charge in [-0.1, -0.05) is 50.5 Å². The lowest BCUT2D eigenvalue weighted by Crippen LogP contribution is -1.80. The summed E-state index contributed by atoms with van der Waals surface area (Å²) in [6.45, 7) is 11.4. The summed E-state index contributed by atoms with van der Waals surface area (Å²) in [4.78, 5) is 4.33. The lowest BCUT2D eigenvalue weighted by molar-refractivity contribution is 1.21. The van der Waals surface area contributed by atoms with E-state index < -0.39 is 0 Å². The molecule has 0 aliphatic heterocycles. The molecular formula is C14H19N. The molecule has 0 heterocycles. The van der Waals surface area contributed by atoms with E-state index in [2.05, 4.69) is 31.2 Å². The second kappa shape index (κ2) is 8.95. The molecule has 0 spiro atoms. The molecule has 0 aromatic rings. The highest BCUT2D eigenvalue weighted by Gasteiger charge is 1.86. The number of nitrogens with zero attached hydrogens (tertiary/aromatic N) is 1. The number of rotatable bonds is 6. The Morgan fingerprint density at radius 1 is 1.33 bits per heavy atom. The van der Waals surface area contributed by atoms with Crippen LogP contribution in [0.4, 0.5) is 0 Å². The van der Waals surface area contributed by atoms with Gasteiger partial charge in [-0.3, -0.25) is 4.99 Å². The summed E-state index contributed by atoms with van der Waals surface area (Å²) in [5, 5.41) is 0. The van der Waals surface area contributed by atoms with Crippen molar-refractivity contribution < 1.29 is 0 Å². The molecule has 15 heavy (non-hydrogen) atoms. The van der Waals surface area contributed by atoms with Gasteiger partial charge in [-0.05, 0) is 25.0 Å². The topological polar surface area (TPSA) is 12.4 Å². The number of hydrogen-bond donors (Lipinski definition) is 0. The van der Waals surface area contributed by atoms with E-state index in [-0.39, 0.29) is 0 Å².